The zero-order valence-corrected chi connectivity index (χ0v) is 10.4. The molecule has 0 aliphatic carbocycles. The third-order valence-electron chi connectivity index (χ3n) is 3.94. The third kappa shape index (κ3) is 2.86. The van der Waals surface area contributed by atoms with E-state index in [1.807, 2.05) is 6.07 Å². The van der Waals surface area contributed by atoms with E-state index in [4.69, 9.17) is 5.73 Å². The minimum Gasteiger partial charge on any atom is -0.369 e. The quantitative estimate of drug-likeness (QED) is 0.786. The lowest BCUT2D eigenvalue weighted by atomic mass is 9.94. The highest BCUT2D eigenvalue weighted by atomic mass is 16.1. The smallest absolute Gasteiger partial charge is 0.220 e. The zero-order chi connectivity index (χ0) is 12.3. The number of carbonyl (C=O) groups is 1. The second-order valence-corrected chi connectivity index (χ2v) is 4.97. The van der Waals surface area contributed by atoms with Gasteiger partial charge in [-0.2, -0.15) is 0 Å². The molecule has 3 heteroatoms. The highest BCUT2D eigenvalue weighted by Crippen LogP contribution is 2.13. The van der Waals surface area contributed by atoms with E-state index in [2.05, 4.69) is 31.2 Å². The standard InChI is InChI=1S/C14H20N2O/c1-11(12-5-3-2-4-6-12)16-9-7-13(8-10-16)14(15)17/h2-6,11,13H,7-10H2,1H3,(H2,15,17)/p+1/t11-/m1/s1. The van der Waals surface area contributed by atoms with Gasteiger partial charge in [0.05, 0.1) is 13.1 Å². The van der Waals surface area contributed by atoms with Crippen LogP contribution in [0.2, 0.25) is 0 Å². The van der Waals surface area contributed by atoms with Crippen molar-refractivity contribution in [2.45, 2.75) is 25.8 Å². The van der Waals surface area contributed by atoms with Crippen LogP contribution in [0.3, 0.4) is 0 Å². The Bertz CT molecular complexity index is 369. The number of rotatable bonds is 3. The highest BCUT2D eigenvalue weighted by Gasteiger charge is 2.29. The molecule has 92 valence electrons. The van der Waals surface area contributed by atoms with Gasteiger partial charge < -0.3 is 10.6 Å². The fraction of sp³-hybridized carbons (Fsp3) is 0.500. The van der Waals surface area contributed by atoms with Crippen LogP contribution < -0.4 is 10.6 Å². The van der Waals surface area contributed by atoms with Gasteiger partial charge >= 0.3 is 0 Å². The van der Waals surface area contributed by atoms with E-state index in [0.717, 1.165) is 25.9 Å². The summed E-state index contributed by atoms with van der Waals surface area (Å²) in [4.78, 5) is 12.7. The van der Waals surface area contributed by atoms with Crippen molar-refractivity contribution in [3.05, 3.63) is 35.9 Å². The third-order valence-corrected chi connectivity index (χ3v) is 3.94. The second kappa shape index (κ2) is 5.32. The summed E-state index contributed by atoms with van der Waals surface area (Å²) in [6.45, 7) is 4.35. The molecule has 1 saturated heterocycles. The summed E-state index contributed by atoms with van der Waals surface area (Å²) in [6, 6.07) is 11.1. The van der Waals surface area contributed by atoms with Crippen LogP contribution in [-0.2, 0) is 4.79 Å². The lowest BCUT2D eigenvalue weighted by Crippen LogP contribution is -3.13. The molecule has 3 N–H and O–H groups in total. The van der Waals surface area contributed by atoms with Crippen molar-refractivity contribution in [1.82, 2.24) is 0 Å². The van der Waals surface area contributed by atoms with Crippen molar-refractivity contribution in [2.24, 2.45) is 11.7 Å². The Morgan fingerprint density at radius 3 is 2.41 bits per heavy atom. The van der Waals surface area contributed by atoms with Gasteiger partial charge in [0.25, 0.3) is 0 Å². The van der Waals surface area contributed by atoms with E-state index in [9.17, 15) is 4.79 Å². The molecule has 1 heterocycles. The number of quaternary nitrogens is 1. The first-order valence-corrected chi connectivity index (χ1v) is 6.37. The zero-order valence-electron chi connectivity index (χ0n) is 10.4. The van der Waals surface area contributed by atoms with Crippen LogP contribution in [0.15, 0.2) is 30.3 Å². The summed E-state index contributed by atoms with van der Waals surface area (Å²) in [6.07, 6.45) is 1.86. The van der Waals surface area contributed by atoms with Crippen molar-refractivity contribution in [3.8, 4) is 0 Å². The number of benzene rings is 1. The van der Waals surface area contributed by atoms with Crippen molar-refractivity contribution in [3.63, 3.8) is 0 Å². The predicted molar refractivity (Wildman–Crippen MR) is 67.5 cm³/mol. The molecule has 0 spiro atoms. The topological polar surface area (TPSA) is 47.5 Å². The van der Waals surface area contributed by atoms with Crippen LogP contribution in [0.25, 0.3) is 0 Å². The molecule has 1 fully saturated rings. The molecule has 1 aliphatic rings. The number of piperidine rings is 1. The average molecular weight is 233 g/mol. The molecule has 1 aromatic carbocycles. The summed E-state index contributed by atoms with van der Waals surface area (Å²) in [7, 11) is 0. The van der Waals surface area contributed by atoms with Crippen molar-refractivity contribution in [1.29, 1.82) is 0 Å². The summed E-state index contributed by atoms with van der Waals surface area (Å²) in [5, 5.41) is 0. The van der Waals surface area contributed by atoms with Gasteiger partial charge in [-0.05, 0) is 6.92 Å². The second-order valence-electron chi connectivity index (χ2n) is 4.97. The Morgan fingerprint density at radius 2 is 1.88 bits per heavy atom. The molecule has 0 radical (unpaired) electrons. The maximum atomic E-state index is 11.1. The first-order chi connectivity index (χ1) is 8.18. The molecule has 0 bridgehead atoms. The van der Waals surface area contributed by atoms with Gasteiger partial charge in [-0.1, -0.05) is 30.3 Å². The van der Waals surface area contributed by atoms with E-state index < -0.39 is 0 Å². The Balaban J connectivity index is 1.95. The van der Waals surface area contributed by atoms with Gasteiger partial charge in [0.1, 0.15) is 6.04 Å². The molecule has 17 heavy (non-hydrogen) atoms. The lowest BCUT2D eigenvalue weighted by Gasteiger charge is -2.32. The van der Waals surface area contributed by atoms with Gasteiger partial charge in [-0.15, -0.1) is 0 Å². The molecule has 0 unspecified atom stereocenters. The average Bonchev–Trinajstić information content (AvgIpc) is 2.39. The van der Waals surface area contributed by atoms with Crippen LogP contribution in [0, 0.1) is 5.92 Å². The maximum Gasteiger partial charge on any atom is 0.220 e. The number of nitrogens with two attached hydrogens (primary N) is 1. The van der Waals surface area contributed by atoms with Crippen LogP contribution in [0.4, 0.5) is 0 Å². The molecule has 0 saturated carbocycles. The predicted octanol–water partition coefficient (Wildman–Crippen LogP) is 0.528. The minimum absolute atomic E-state index is 0.0988. The Hall–Kier alpha value is -1.35. The lowest BCUT2D eigenvalue weighted by molar-refractivity contribution is -0.935. The van der Waals surface area contributed by atoms with E-state index in [1.165, 1.54) is 5.56 Å². The summed E-state index contributed by atoms with van der Waals surface area (Å²) in [5.41, 5.74) is 6.73. The number of hydrogen-bond acceptors (Lipinski definition) is 1. The SMILES string of the molecule is C[C@H](c1ccccc1)[NH+]1CCC(C(N)=O)CC1. The van der Waals surface area contributed by atoms with Crippen molar-refractivity contribution in [2.75, 3.05) is 13.1 Å². The van der Waals surface area contributed by atoms with Gasteiger partial charge in [0, 0.05) is 24.3 Å². The number of amides is 1. The molecule has 1 amide bonds. The van der Waals surface area contributed by atoms with Crippen LogP contribution in [0.1, 0.15) is 31.4 Å². The van der Waals surface area contributed by atoms with Crippen molar-refractivity contribution >= 4 is 5.91 Å². The number of carbonyl (C=O) groups excluding carboxylic acids is 1. The Kier molecular flexibility index (Phi) is 3.79. The molecule has 1 aliphatic heterocycles. The first-order valence-electron chi connectivity index (χ1n) is 6.37. The molecular formula is C14H21N2O+. The highest BCUT2D eigenvalue weighted by molar-refractivity contribution is 5.76. The van der Waals surface area contributed by atoms with Gasteiger partial charge in [0.2, 0.25) is 5.91 Å². The van der Waals surface area contributed by atoms with Crippen LogP contribution >= 0.6 is 0 Å². The summed E-state index contributed by atoms with van der Waals surface area (Å²) in [5.74, 6) is -0.0295. The van der Waals surface area contributed by atoms with E-state index in [0.29, 0.717) is 6.04 Å². The van der Waals surface area contributed by atoms with Crippen LogP contribution in [-0.4, -0.2) is 19.0 Å². The Morgan fingerprint density at radius 1 is 1.29 bits per heavy atom. The maximum absolute atomic E-state index is 11.1. The van der Waals surface area contributed by atoms with Crippen molar-refractivity contribution < 1.29 is 9.69 Å². The van der Waals surface area contributed by atoms with Gasteiger partial charge in [-0.3, -0.25) is 4.79 Å². The Labute approximate surface area is 103 Å². The van der Waals surface area contributed by atoms with E-state index in [1.54, 1.807) is 4.90 Å². The monoisotopic (exact) mass is 233 g/mol. The fourth-order valence-electron chi connectivity index (χ4n) is 2.68. The summed E-state index contributed by atoms with van der Waals surface area (Å²) < 4.78 is 0. The summed E-state index contributed by atoms with van der Waals surface area (Å²) >= 11 is 0. The first kappa shape index (κ1) is 12.1. The molecule has 1 atom stereocenters. The molecule has 3 nitrogen and oxygen atoms in total. The van der Waals surface area contributed by atoms with Crippen LogP contribution in [0.5, 0.6) is 0 Å². The van der Waals surface area contributed by atoms with E-state index >= 15 is 0 Å². The number of hydrogen-bond donors (Lipinski definition) is 2. The largest absolute Gasteiger partial charge is 0.369 e. The molecular weight excluding hydrogens is 212 g/mol. The van der Waals surface area contributed by atoms with E-state index in [-0.39, 0.29) is 11.8 Å². The number of nitrogens with one attached hydrogen (secondary N) is 1. The van der Waals surface area contributed by atoms with Gasteiger partial charge in [-0.25, -0.2) is 0 Å². The fourth-order valence-corrected chi connectivity index (χ4v) is 2.68. The normalized spacial score (nSPS) is 26.4. The molecule has 0 aromatic heterocycles. The number of likely N-dealkylation sites (tertiary alicyclic amines) is 1. The number of primary amides is 1. The minimum atomic E-state index is -0.128. The molecule has 1 aromatic rings. The molecule has 2 rings (SSSR count). The van der Waals surface area contributed by atoms with Gasteiger partial charge in [0.15, 0.2) is 0 Å².